The van der Waals surface area contributed by atoms with E-state index in [9.17, 15) is 14.0 Å². The minimum absolute atomic E-state index is 0.0103. The highest BCUT2D eigenvalue weighted by atomic mass is 19.1. The maximum absolute atomic E-state index is 14.3. The van der Waals surface area contributed by atoms with Crippen LogP contribution in [0.4, 0.5) is 4.39 Å². The molecule has 1 amide bonds. The first-order chi connectivity index (χ1) is 15.0. The first-order valence-electron chi connectivity index (χ1n) is 10.3. The molecule has 4 rings (SSSR count). The van der Waals surface area contributed by atoms with Gasteiger partial charge in [0.1, 0.15) is 5.82 Å². The van der Waals surface area contributed by atoms with E-state index < -0.39 is 11.7 Å². The molecule has 1 heterocycles. The number of hydrogen-bond acceptors (Lipinski definition) is 2. The molecule has 1 aromatic heterocycles. The molecule has 0 radical (unpaired) electrons. The topological polar surface area (TPSA) is 53.2 Å². The number of benzene rings is 3. The quantitative estimate of drug-likeness (QED) is 0.479. The van der Waals surface area contributed by atoms with E-state index in [2.05, 4.69) is 11.9 Å². The molecule has 3 aromatic carbocycles. The van der Waals surface area contributed by atoms with E-state index in [1.165, 1.54) is 17.0 Å². The summed E-state index contributed by atoms with van der Waals surface area (Å²) in [6.07, 6.45) is 0.885. The number of hydrogen-bond donors (Lipinski definition) is 1. The number of nitrogens with one attached hydrogen (secondary N) is 1. The normalized spacial score (nSPS) is 10.9. The number of amides is 1. The average molecular weight is 414 g/mol. The lowest BCUT2D eigenvalue weighted by Gasteiger charge is -2.23. The number of H-pyrrole nitrogens is 1. The van der Waals surface area contributed by atoms with Crippen LogP contribution in [0.2, 0.25) is 0 Å². The molecule has 0 aliphatic rings. The summed E-state index contributed by atoms with van der Waals surface area (Å²) in [5.41, 5.74) is 3.01. The molecule has 0 aliphatic carbocycles. The van der Waals surface area contributed by atoms with Gasteiger partial charge in [0, 0.05) is 17.6 Å². The Morgan fingerprint density at radius 1 is 0.903 bits per heavy atom. The molecule has 1 N–H and O–H groups in total. The molecule has 0 fully saturated rings. The molecule has 0 saturated heterocycles. The van der Waals surface area contributed by atoms with Crippen LogP contribution in [0.5, 0.6) is 0 Å². The van der Waals surface area contributed by atoms with Gasteiger partial charge in [-0.15, -0.1) is 0 Å². The Morgan fingerprint density at radius 3 is 2.39 bits per heavy atom. The molecule has 5 heteroatoms. The fraction of sp³-hybridized carbons (Fsp3) is 0.154. The zero-order valence-electron chi connectivity index (χ0n) is 17.3. The summed E-state index contributed by atoms with van der Waals surface area (Å²) < 4.78 is 14.3. The fourth-order valence-corrected chi connectivity index (χ4v) is 3.65. The van der Waals surface area contributed by atoms with Gasteiger partial charge in [-0.05, 0) is 53.3 Å². The SMILES string of the molecule is CCc1ccc2[nH]c(=O)c(CN(Cc3ccccc3)C(=O)c3ccccc3F)cc2c1. The summed E-state index contributed by atoms with van der Waals surface area (Å²) in [4.78, 5) is 30.4. The van der Waals surface area contributed by atoms with E-state index >= 15 is 0 Å². The van der Waals surface area contributed by atoms with Crippen LogP contribution in [0.15, 0.2) is 83.7 Å². The first kappa shape index (κ1) is 20.5. The number of aromatic amines is 1. The maximum Gasteiger partial charge on any atom is 0.257 e. The lowest BCUT2D eigenvalue weighted by molar-refractivity contribution is 0.0724. The number of aryl methyl sites for hydroxylation is 1. The highest BCUT2D eigenvalue weighted by molar-refractivity contribution is 5.94. The molecule has 0 aliphatic heterocycles. The molecule has 0 saturated carbocycles. The van der Waals surface area contributed by atoms with Crippen LogP contribution < -0.4 is 5.56 Å². The van der Waals surface area contributed by atoms with Gasteiger partial charge < -0.3 is 9.88 Å². The van der Waals surface area contributed by atoms with Crippen molar-refractivity contribution in [3.05, 3.63) is 117 Å². The second-order valence-corrected chi connectivity index (χ2v) is 7.53. The second-order valence-electron chi connectivity index (χ2n) is 7.53. The summed E-state index contributed by atoms with van der Waals surface area (Å²) >= 11 is 0. The Morgan fingerprint density at radius 2 is 1.65 bits per heavy atom. The van der Waals surface area contributed by atoms with E-state index in [0.29, 0.717) is 5.56 Å². The van der Waals surface area contributed by atoms with Gasteiger partial charge in [-0.1, -0.05) is 55.5 Å². The predicted molar refractivity (Wildman–Crippen MR) is 120 cm³/mol. The predicted octanol–water partition coefficient (Wildman–Crippen LogP) is 5.07. The Kier molecular flexibility index (Phi) is 5.94. The minimum Gasteiger partial charge on any atom is -0.330 e. The molecule has 0 unspecified atom stereocenters. The monoisotopic (exact) mass is 414 g/mol. The Balaban J connectivity index is 1.73. The number of aromatic nitrogens is 1. The number of carbonyl (C=O) groups is 1. The van der Waals surface area contributed by atoms with Crippen molar-refractivity contribution in [3.63, 3.8) is 0 Å². The average Bonchev–Trinajstić information content (AvgIpc) is 2.79. The van der Waals surface area contributed by atoms with Gasteiger partial charge in [-0.3, -0.25) is 9.59 Å². The van der Waals surface area contributed by atoms with E-state index in [-0.39, 0.29) is 24.2 Å². The first-order valence-corrected chi connectivity index (χ1v) is 10.3. The minimum atomic E-state index is -0.578. The van der Waals surface area contributed by atoms with Crippen molar-refractivity contribution >= 4 is 16.8 Å². The third kappa shape index (κ3) is 4.56. The zero-order chi connectivity index (χ0) is 21.8. The molecule has 0 spiro atoms. The van der Waals surface area contributed by atoms with Gasteiger partial charge in [0.05, 0.1) is 12.1 Å². The summed E-state index contributed by atoms with van der Waals surface area (Å²) in [6.45, 7) is 2.41. The van der Waals surface area contributed by atoms with Crippen molar-refractivity contribution in [2.45, 2.75) is 26.4 Å². The number of carbonyl (C=O) groups excluding carboxylic acids is 1. The van der Waals surface area contributed by atoms with Crippen LogP contribution in [0.3, 0.4) is 0 Å². The highest BCUT2D eigenvalue weighted by Crippen LogP contribution is 2.18. The van der Waals surface area contributed by atoms with Crippen molar-refractivity contribution < 1.29 is 9.18 Å². The van der Waals surface area contributed by atoms with Crippen LogP contribution in [0.1, 0.15) is 34.0 Å². The van der Waals surface area contributed by atoms with Gasteiger partial charge in [0.2, 0.25) is 0 Å². The van der Waals surface area contributed by atoms with Crippen LogP contribution >= 0.6 is 0 Å². The van der Waals surface area contributed by atoms with E-state index in [1.807, 2.05) is 54.6 Å². The van der Waals surface area contributed by atoms with E-state index in [0.717, 1.165) is 28.5 Å². The third-order valence-electron chi connectivity index (χ3n) is 5.36. The summed E-state index contributed by atoms with van der Waals surface area (Å²) in [7, 11) is 0. The number of pyridine rings is 1. The number of fused-ring (bicyclic) bond motifs is 1. The van der Waals surface area contributed by atoms with Gasteiger partial charge in [0.15, 0.2) is 0 Å². The smallest absolute Gasteiger partial charge is 0.257 e. The van der Waals surface area contributed by atoms with E-state index in [4.69, 9.17) is 0 Å². The van der Waals surface area contributed by atoms with Crippen molar-refractivity contribution in [1.29, 1.82) is 0 Å². The Bertz CT molecular complexity index is 1280. The van der Waals surface area contributed by atoms with Crippen LogP contribution in [0.25, 0.3) is 10.9 Å². The van der Waals surface area contributed by atoms with Crippen LogP contribution in [0, 0.1) is 5.82 Å². The molecular weight excluding hydrogens is 391 g/mol. The van der Waals surface area contributed by atoms with Gasteiger partial charge in [0.25, 0.3) is 11.5 Å². The van der Waals surface area contributed by atoms with Crippen LogP contribution in [-0.2, 0) is 19.5 Å². The van der Waals surface area contributed by atoms with Crippen molar-refractivity contribution in [1.82, 2.24) is 9.88 Å². The van der Waals surface area contributed by atoms with Crippen LogP contribution in [-0.4, -0.2) is 15.8 Å². The summed E-state index contributed by atoms with van der Waals surface area (Å²) in [6, 6.07) is 23.1. The molecule has 0 bridgehead atoms. The number of rotatable bonds is 6. The highest BCUT2D eigenvalue weighted by Gasteiger charge is 2.21. The lowest BCUT2D eigenvalue weighted by Crippen LogP contribution is -2.33. The number of nitrogens with zero attached hydrogens (tertiary/aromatic N) is 1. The molecule has 31 heavy (non-hydrogen) atoms. The van der Waals surface area contributed by atoms with Gasteiger partial charge >= 0.3 is 0 Å². The second kappa shape index (κ2) is 8.96. The van der Waals surface area contributed by atoms with Gasteiger partial charge in [-0.25, -0.2) is 4.39 Å². The molecular formula is C26H23FN2O2. The third-order valence-corrected chi connectivity index (χ3v) is 5.36. The van der Waals surface area contributed by atoms with Crippen molar-refractivity contribution in [2.75, 3.05) is 0 Å². The standard InChI is InChI=1S/C26H23FN2O2/c1-2-18-12-13-24-20(14-18)15-21(25(30)28-24)17-29(16-19-8-4-3-5-9-19)26(31)22-10-6-7-11-23(22)27/h3-15H,2,16-17H2,1H3,(H,28,30). The Hall–Kier alpha value is -3.73. The lowest BCUT2D eigenvalue weighted by atomic mass is 10.1. The van der Waals surface area contributed by atoms with Crippen molar-refractivity contribution in [2.24, 2.45) is 0 Å². The van der Waals surface area contributed by atoms with Gasteiger partial charge in [-0.2, -0.15) is 0 Å². The number of halogens is 1. The summed E-state index contributed by atoms with van der Waals surface area (Å²) in [5, 5.41) is 0.909. The fourth-order valence-electron chi connectivity index (χ4n) is 3.65. The van der Waals surface area contributed by atoms with Crippen molar-refractivity contribution in [3.8, 4) is 0 Å². The summed E-state index contributed by atoms with van der Waals surface area (Å²) in [5.74, 6) is -1.03. The molecule has 4 nitrogen and oxygen atoms in total. The molecule has 156 valence electrons. The van der Waals surface area contributed by atoms with E-state index in [1.54, 1.807) is 12.1 Å². The Labute approximate surface area is 180 Å². The molecule has 4 aromatic rings. The zero-order valence-corrected chi connectivity index (χ0v) is 17.3. The maximum atomic E-state index is 14.3. The molecule has 0 atom stereocenters. The largest absolute Gasteiger partial charge is 0.330 e.